The lowest BCUT2D eigenvalue weighted by atomic mass is 9.87. The van der Waals surface area contributed by atoms with Crippen LogP contribution in [-0.4, -0.2) is 49.6 Å². The van der Waals surface area contributed by atoms with Crippen molar-refractivity contribution in [3.63, 3.8) is 0 Å². The third-order valence-electron chi connectivity index (χ3n) is 5.55. The number of aromatic nitrogens is 5. The third kappa shape index (κ3) is 6.56. The van der Waals surface area contributed by atoms with E-state index in [1.807, 2.05) is 55.5 Å². The van der Waals surface area contributed by atoms with E-state index in [4.69, 9.17) is 4.74 Å². The Morgan fingerprint density at radius 1 is 1.03 bits per heavy atom. The molecule has 0 aliphatic heterocycles. The van der Waals surface area contributed by atoms with Gasteiger partial charge in [-0.2, -0.15) is 0 Å². The van der Waals surface area contributed by atoms with Crippen LogP contribution in [0.4, 0.5) is 5.13 Å². The largest absolute Gasteiger partial charge is 0.495 e. The van der Waals surface area contributed by atoms with Crippen molar-refractivity contribution in [1.82, 2.24) is 30.3 Å². The number of methoxy groups -OCH3 is 1. The molecule has 0 saturated heterocycles. The smallest absolute Gasteiger partial charge is 0.251 e. The van der Waals surface area contributed by atoms with E-state index < -0.39 is 0 Å². The standard InChI is InChI=1S/C26H29N7O3S2/c1-16-29-31-24(38-16)28-22(34)15-37-25-32-30-21(33(25)19-8-6-7-9-20(19)36-5)14-27-23(35)17-10-12-18(13-11-17)26(2,3)4/h6-13H,14-15H2,1-5H3,(H,27,35)(H,28,31,34). The minimum absolute atomic E-state index is 0.00124. The van der Waals surface area contributed by atoms with Gasteiger partial charge >= 0.3 is 0 Å². The highest BCUT2D eigenvalue weighted by Crippen LogP contribution is 2.29. The number of rotatable bonds is 9. The quantitative estimate of drug-likeness (QED) is 0.294. The maximum atomic E-state index is 12.9. The number of hydrogen-bond acceptors (Lipinski definition) is 9. The molecule has 2 amide bonds. The van der Waals surface area contributed by atoms with Crippen LogP contribution in [0.25, 0.3) is 5.69 Å². The average molecular weight is 552 g/mol. The minimum atomic E-state index is -0.241. The zero-order valence-corrected chi connectivity index (χ0v) is 23.4. The molecule has 0 aliphatic carbocycles. The van der Waals surface area contributed by atoms with Crippen molar-refractivity contribution in [2.45, 2.75) is 44.8 Å². The van der Waals surface area contributed by atoms with Gasteiger partial charge in [0.25, 0.3) is 5.91 Å². The number of anilines is 1. The summed E-state index contributed by atoms with van der Waals surface area (Å²) in [6, 6.07) is 15.0. The first-order chi connectivity index (χ1) is 18.2. The Kier molecular flexibility index (Phi) is 8.42. The molecule has 2 heterocycles. The van der Waals surface area contributed by atoms with Crippen LogP contribution in [0.5, 0.6) is 5.75 Å². The summed E-state index contributed by atoms with van der Waals surface area (Å²) in [6.45, 7) is 8.33. The van der Waals surface area contributed by atoms with Gasteiger partial charge in [0.2, 0.25) is 11.0 Å². The van der Waals surface area contributed by atoms with Gasteiger partial charge in [0.05, 0.1) is 25.1 Å². The fraction of sp³-hybridized carbons (Fsp3) is 0.308. The molecule has 0 spiro atoms. The molecule has 2 N–H and O–H groups in total. The van der Waals surface area contributed by atoms with Crippen LogP contribution in [0.2, 0.25) is 0 Å². The van der Waals surface area contributed by atoms with E-state index in [0.29, 0.717) is 33.1 Å². The highest BCUT2D eigenvalue weighted by Gasteiger charge is 2.20. The van der Waals surface area contributed by atoms with Crippen molar-refractivity contribution in [1.29, 1.82) is 0 Å². The first-order valence-corrected chi connectivity index (χ1v) is 13.6. The number of aryl methyl sites for hydroxylation is 1. The SMILES string of the molecule is COc1ccccc1-n1c(CNC(=O)c2ccc(C(C)(C)C)cc2)nnc1SCC(=O)Nc1nnc(C)s1. The third-order valence-corrected chi connectivity index (χ3v) is 7.23. The molecule has 0 aliphatic rings. The Morgan fingerprint density at radius 3 is 2.42 bits per heavy atom. The lowest BCUT2D eigenvalue weighted by Gasteiger charge is -2.19. The second kappa shape index (κ2) is 11.7. The highest BCUT2D eigenvalue weighted by atomic mass is 32.2. The van der Waals surface area contributed by atoms with Gasteiger partial charge in [0, 0.05) is 5.56 Å². The van der Waals surface area contributed by atoms with E-state index in [-0.39, 0.29) is 29.5 Å². The molecule has 0 saturated carbocycles. The summed E-state index contributed by atoms with van der Waals surface area (Å²) < 4.78 is 7.34. The van der Waals surface area contributed by atoms with E-state index >= 15 is 0 Å². The highest BCUT2D eigenvalue weighted by molar-refractivity contribution is 7.99. The van der Waals surface area contributed by atoms with Gasteiger partial charge in [-0.1, -0.05) is 68.1 Å². The fourth-order valence-corrected chi connectivity index (χ4v) is 4.95. The second-order valence-corrected chi connectivity index (χ2v) is 11.5. The molecule has 0 radical (unpaired) electrons. The molecule has 4 aromatic rings. The molecule has 198 valence electrons. The molecular weight excluding hydrogens is 522 g/mol. The van der Waals surface area contributed by atoms with Gasteiger partial charge in [0.15, 0.2) is 11.0 Å². The summed E-state index contributed by atoms with van der Waals surface area (Å²) >= 11 is 2.52. The lowest BCUT2D eigenvalue weighted by molar-refractivity contribution is -0.113. The summed E-state index contributed by atoms with van der Waals surface area (Å²) in [5, 5.41) is 23.8. The number of amides is 2. The Bertz CT molecular complexity index is 1430. The molecule has 2 aromatic heterocycles. The molecule has 38 heavy (non-hydrogen) atoms. The number of nitrogens with one attached hydrogen (secondary N) is 2. The second-order valence-electron chi connectivity index (χ2n) is 9.38. The normalized spacial score (nSPS) is 11.3. The zero-order valence-electron chi connectivity index (χ0n) is 21.8. The van der Waals surface area contributed by atoms with Crippen LogP contribution in [0.1, 0.15) is 47.5 Å². The molecule has 0 atom stereocenters. The van der Waals surface area contributed by atoms with E-state index in [9.17, 15) is 9.59 Å². The lowest BCUT2D eigenvalue weighted by Crippen LogP contribution is -2.25. The van der Waals surface area contributed by atoms with Gasteiger partial charge in [-0.15, -0.1) is 20.4 Å². The number of carbonyl (C=O) groups is 2. The van der Waals surface area contributed by atoms with Crippen molar-refractivity contribution >= 4 is 40.0 Å². The molecule has 12 heteroatoms. The predicted octanol–water partition coefficient (Wildman–Crippen LogP) is 4.39. The Hall–Kier alpha value is -3.77. The van der Waals surface area contributed by atoms with Crippen molar-refractivity contribution in [3.05, 3.63) is 70.5 Å². The number of carbonyl (C=O) groups excluding carboxylic acids is 2. The van der Waals surface area contributed by atoms with Crippen molar-refractivity contribution in [2.24, 2.45) is 0 Å². The van der Waals surface area contributed by atoms with Crippen LogP contribution in [0, 0.1) is 6.92 Å². The average Bonchev–Trinajstić information content (AvgIpc) is 3.50. The van der Waals surface area contributed by atoms with Gasteiger partial charge < -0.3 is 10.1 Å². The molecule has 0 fully saturated rings. The van der Waals surface area contributed by atoms with E-state index in [0.717, 1.165) is 10.6 Å². The number of benzene rings is 2. The molecule has 2 aromatic carbocycles. The Balaban J connectivity index is 1.52. The van der Waals surface area contributed by atoms with Crippen LogP contribution < -0.4 is 15.4 Å². The first-order valence-electron chi connectivity index (χ1n) is 11.8. The number of para-hydroxylation sites is 2. The van der Waals surface area contributed by atoms with E-state index in [1.54, 1.807) is 11.7 Å². The topological polar surface area (TPSA) is 124 Å². The summed E-state index contributed by atoms with van der Waals surface area (Å²) in [6.07, 6.45) is 0. The summed E-state index contributed by atoms with van der Waals surface area (Å²) in [7, 11) is 1.58. The van der Waals surface area contributed by atoms with Gasteiger partial charge in [-0.3, -0.25) is 19.5 Å². The number of ether oxygens (including phenoxy) is 1. The fourth-order valence-electron chi connectivity index (χ4n) is 3.58. The predicted molar refractivity (Wildman–Crippen MR) is 148 cm³/mol. The molecule has 10 nitrogen and oxygen atoms in total. The van der Waals surface area contributed by atoms with Crippen molar-refractivity contribution < 1.29 is 14.3 Å². The monoisotopic (exact) mass is 551 g/mol. The molecular formula is C26H29N7O3S2. The van der Waals surface area contributed by atoms with Crippen molar-refractivity contribution in [2.75, 3.05) is 18.2 Å². The van der Waals surface area contributed by atoms with Crippen LogP contribution in [-0.2, 0) is 16.8 Å². The zero-order chi connectivity index (χ0) is 27.3. The number of hydrogen-bond donors (Lipinski definition) is 2. The minimum Gasteiger partial charge on any atom is -0.495 e. The van der Waals surface area contributed by atoms with Gasteiger partial charge in [0.1, 0.15) is 10.8 Å². The van der Waals surface area contributed by atoms with Gasteiger partial charge in [-0.25, -0.2) is 0 Å². The Labute approximate surface area is 229 Å². The summed E-state index contributed by atoms with van der Waals surface area (Å²) in [4.78, 5) is 25.4. The summed E-state index contributed by atoms with van der Waals surface area (Å²) in [5.74, 6) is 0.721. The summed E-state index contributed by atoms with van der Waals surface area (Å²) in [5.41, 5.74) is 2.40. The van der Waals surface area contributed by atoms with Crippen LogP contribution in [0.15, 0.2) is 53.7 Å². The van der Waals surface area contributed by atoms with Crippen LogP contribution in [0.3, 0.4) is 0 Å². The maximum absolute atomic E-state index is 12.9. The number of thioether (sulfide) groups is 1. The Morgan fingerprint density at radius 2 is 1.76 bits per heavy atom. The van der Waals surface area contributed by atoms with Crippen LogP contribution >= 0.6 is 23.1 Å². The number of nitrogens with zero attached hydrogens (tertiary/aromatic N) is 5. The maximum Gasteiger partial charge on any atom is 0.251 e. The molecule has 0 bridgehead atoms. The van der Waals surface area contributed by atoms with E-state index in [1.165, 1.54) is 23.1 Å². The van der Waals surface area contributed by atoms with Crippen molar-refractivity contribution in [3.8, 4) is 11.4 Å². The van der Waals surface area contributed by atoms with E-state index in [2.05, 4.69) is 51.8 Å². The molecule has 0 unspecified atom stereocenters. The molecule has 4 rings (SSSR count). The van der Waals surface area contributed by atoms with Gasteiger partial charge in [-0.05, 0) is 42.2 Å². The first kappa shape index (κ1) is 27.3.